The molecule has 4 N–H and O–H groups in total. The van der Waals surface area contributed by atoms with Crippen molar-refractivity contribution in [1.29, 1.82) is 0 Å². The largest absolute Gasteiger partial charge is 0.496 e. The minimum absolute atomic E-state index is 0.0522. The maximum atomic E-state index is 11.7. The number of halogens is 1. The van der Waals surface area contributed by atoms with Crippen LogP contribution in [0.5, 0.6) is 5.75 Å². The van der Waals surface area contributed by atoms with Gasteiger partial charge in [-0.25, -0.2) is 10.5 Å². The molecule has 27 heavy (non-hydrogen) atoms. The number of nitrogen functional groups attached to an aromatic ring is 1. The molecule has 2 aromatic rings. The minimum Gasteiger partial charge on any atom is -0.496 e. The predicted octanol–water partition coefficient (Wildman–Crippen LogP) is 1.73. The summed E-state index contributed by atoms with van der Waals surface area (Å²) in [5.41, 5.74) is 10.8. The number of aryl methyl sites for hydroxylation is 1. The van der Waals surface area contributed by atoms with Crippen LogP contribution >= 0.6 is 11.6 Å². The number of pyridine rings is 1. The van der Waals surface area contributed by atoms with E-state index in [1.54, 1.807) is 18.8 Å². The van der Waals surface area contributed by atoms with Crippen LogP contribution < -0.4 is 20.9 Å². The highest BCUT2D eigenvalue weighted by Gasteiger charge is 2.35. The Labute approximate surface area is 161 Å². The second-order valence-electron chi connectivity index (χ2n) is 6.47. The summed E-state index contributed by atoms with van der Waals surface area (Å²) in [4.78, 5) is 26.5. The molecule has 0 bridgehead atoms. The van der Waals surface area contributed by atoms with Crippen LogP contribution in [0, 0.1) is 13.8 Å². The maximum Gasteiger partial charge on any atom is 0.244 e. The van der Waals surface area contributed by atoms with Gasteiger partial charge in [0.1, 0.15) is 16.7 Å². The summed E-state index contributed by atoms with van der Waals surface area (Å²) in [5.74, 6) is 0.641. The Morgan fingerprint density at radius 3 is 2.89 bits per heavy atom. The zero-order chi connectivity index (χ0) is 19.7. The van der Waals surface area contributed by atoms with Crippen LogP contribution in [0.2, 0.25) is 5.15 Å². The predicted molar refractivity (Wildman–Crippen MR) is 100 cm³/mol. The fraction of sp³-hybridized carbons (Fsp3) is 0.412. The highest BCUT2D eigenvalue weighted by molar-refractivity contribution is 6.30. The van der Waals surface area contributed by atoms with E-state index >= 15 is 0 Å². The molecule has 1 amide bonds. The molecule has 0 aromatic carbocycles. The number of aromatic nitrogens is 3. The van der Waals surface area contributed by atoms with E-state index < -0.39 is 5.91 Å². The third-order valence-electron chi connectivity index (χ3n) is 4.69. The van der Waals surface area contributed by atoms with Gasteiger partial charge in [0.05, 0.1) is 19.3 Å². The van der Waals surface area contributed by atoms with Gasteiger partial charge >= 0.3 is 0 Å². The average Bonchev–Trinajstić information content (AvgIpc) is 2.95. The van der Waals surface area contributed by atoms with E-state index in [4.69, 9.17) is 27.3 Å². The van der Waals surface area contributed by atoms with Crippen molar-refractivity contribution in [2.24, 2.45) is 0 Å². The molecule has 1 aliphatic rings. The van der Waals surface area contributed by atoms with E-state index in [0.717, 1.165) is 22.6 Å². The van der Waals surface area contributed by atoms with Gasteiger partial charge in [-0.2, -0.15) is 4.98 Å². The van der Waals surface area contributed by atoms with E-state index in [-0.39, 0.29) is 23.4 Å². The number of methoxy groups -OCH3 is 1. The second-order valence-corrected chi connectivity index (χ2v) is 6.83. The smallest absolute Gasteiger partial charge is 0.244 e. The summed E-state index contributed by atoms with van der Waals surface area (Å²) in [5, 5.41) is 9.07. The van der Waals surface area contributed by atoms with Gasteiger partial charge in [0.2, 0.25) is 11.9 Å². The lowest BCUT2D eigenvalue weighted by atomic mass is 10.0. The molecule has 1 aliphatic heterocycles. The molecule has 144 valence electrons. The third-order valence-corrected chi connectivity index (χ3v) is 4.98. The van der Waals surface area contributed by atoms with Crippen LogP contribution in [0.4, 0.5) is 11.8 Å². The second kappa shape index (κ2) is 7.53. The normalized spacial score (nSPS) is 15.6. The van der Waals surface area contributed by atoms with Crippen molar-refractivity contribution >= 4 is 29.3 Å². The highest BCUT2D eigenvalue weighted by Crippen LogP contribution is 2.41. The van der Waals surface area contributed by atoms with Gasteiger partial charge in [0, 0.05) is 41.8 Å². The van der Waals surface area contributed by atoms with Gasteiger partial charge in [0.15, 0.2) is 0 Å². The number of nitrogens with one attached hydrogen (secondary N) is 1. The first kappa shape index (κ1) is 19.1. The van der Waals surface area contributed by atoms with E-state index in [2.05, 4.69) is 15.0 Å². The van der Waals surface area contributed by atoms with Crippen molar-refractivity contribution < 1.29 is 14.7 Å². The molecule has 0 fully saturated rings. The van der Waals surface area contributed by atoms with E-state index in [1.807, 2.05) is 18.7 Å². The summed E-state index contributed by atoms with van der Waals surface area (Å²) in [6, 6.07) is 0. The topological polar surface area (TPSA) is 126 Å². The van der Waals surface area contributed by atoms with Crippen molar-refractivity contribution in [3.8, 4) is 5.75 Å². The number of anilines is 2. The van der Waals surface area contributed by atoms with Gasteiger partial charge in [0.25, 0.3) is 0 Å². The molecule has 0 radical (unpaired) electrons. The number of nitrogens with two attached hydrogens (primary N) is 1. The lowest BCUT2D eigenvalue weighted by Crippen LogP contribution is -2.26. The molecule has 2 aromatic heterocycles. The molecule has 0 saturated heterocycles. The van der Waals surface area contributed by atoms with Crippen LogP contribution in [-0.2, 0) is 11.3 Å². The highest BCUT2D eigenvalue weighted by atomic mass is 35.5. The maximum absolute atomic E-state index is 11.7. The Bertz CT molecular complexity index is 891. The van der Waals surface area contributed by atoms with Crippen LogP contribution in [0.15, 0.2) is 6.20 Å². The molecule has 0 saturated carbocycles. The van der Waals surface area contributed by atoms with Crippen LogP contribution in [0.1, 0.15) is 34.7 Å². The van der Waals surface area contributed by atoms with Crippen molar-refractivity contribution in [2.45, 2.75) is 32.7 Å². The Balaban J connectivity index is 1.97. The number of fused-ring (bicyclic) bond motifs is 1. The van der Waals surface area contributed by atoms with Gasteiger partial charge in [-0.15, -0.1) is 0 Å². The molecule has 1 atom stereocenters. The SMILES string of the molecule is COc1c(C)cnc(CN2C[C@H](CC(=O)NO)c3c(Cl)nc(N)nc32)c1C. The fourth-order valence-corrected chi connectivity index (χ4v) is 3.79. The van der Waals surface area contributed by atoms with Crippen molar-refractivity contribution in [3.05, 3.63) is 33.7 Å². The fourth-order valence-electron chi connectivity index (χ4n) is 3.47. The quantitative estimate of drug-likeness (QED) is 0.399. The first-order chi connectivity index (χ1) is 12.8. The zero-order valence-electron chi connectivity index (χ0n) is 15.3. The summed E-state index contributed by atoms with van der Waals surface area (Å²) in [6.07, 6.45) is 1.81. The Morgan fingerprint density at radius 1 is 1.48 bits per heavy atom. The number of amides is 1. The van der Waals surface area contributed by atoms with Gasteiger partial charge < -0.3 is 15.4 Å². The van der Waals surface area contributed by atoms with Crippen molar-refractivity contribution in [2.75, 3.05) is 24.3 Å². The lowest BCUT2D eigenvalue weighted by molar-refractivity contribution is -0.129. The number of rotatable bonds is 5. The Morgan fingerprint density at radius 2 is 2.22 bits per heavy atom. The number of carbonyl (C=O) groups is 1. The summed E-state index contributed by atoms with van der Waals surface area (Å²) >= 11 is 6.28. The van der Waals surface area contributed by atoms with E-state index in [1.165, 1.54) is 0 Å². The zero-order valence-corrected chi connectivity index (χ0v) is 16.0. The number of hydrogen-bond donors (Lipinski definition) is 3. The lowest BCUT2D eigenvalue weighted by Gasteiger charge is -2.21. The third kappa shape index (κ3) is 3.60. The molecule has 0 spiro atoms. The van der Waals surface area contributed by atoms with Gasteiger partial charge in [-0.3, -0.25) is 15.0 Å². The average molecular weight is 393 g/mol. The molecule has 0 unspecified atom stereocenters. The van der Waals surface area contributed by atoms with E-state index in [0.29, 0.717) is 24.5 Å². The summed E-state index contributed by atoms with van der Waals surface area (Å²) in [7, 11) is 1.63. The molecule has 3 rings (SSSR count). The van der Waals surface area contributed by atoms with Crippen LogP contribution in [-0.4, -0.2) is 39.7 Å². The Hall–Kier alpha value is -2.65. The van der Waals surface area contributed by atoms with Gasteiger partial charge in [-0.05, 0) is 13.8 Å². The number of hydrogen-bond acceptors (Lipinski definition) is 8. The number of hydroxylamine groups is 1. The molecule has 10 heteroatoms. The molecule has 9 nitrogen and oxygen atoms in total. The molecule has 3 heterocycles. The van der Waals surface area contributed by atoms with Crippen LogP contribution in [0.3, 0.4) is 0 Å². The molecule has 0 aliphatic carbocycles. The Kier molecular flexibility index (Phi) is 5.33. The monoisotopic (exact) mass is 392 g/mol. The van der Waals surface area contributed by atoms with Crippen molar-refractivity contribution in [1.82, 2.24) is 20.4 Å². The summed E-state index contributed by atoms with van der Waals surface area (Å²) < 4.78 is 5.47. The summed E-state index contributed by atoms with van der Waals surface area (Å²) in [6.45, 7) is 4.80. The number of carbonyl (C=O) groups excluding carboxylic acids is 1. The van der Waals surface area contributed by atoms with Gasteiger partial charge in [-0.1, -0.05) is 11.6 Å². The number of nitrogens with zero attached hydrogens (tertiary/aromatic N) is 4. The molecular formula is C17H21ClN6O3. The van der Waals surface area contributed by atoms with Crippen LogP contribution in [0.25, 0.3) is 0 Å². The first-order valence-electron chi connectivity index (χ1n) is 8.35. The molecular weight excluding hydrogens is 372 g/mol. The minimum atomic E-state index is -0.507. The standard InChI is InChI=1S/C17H21ClN6O3/c1-8-5-20-11(9(2)14(8)27-3)7-24-6-10(4-12(25)23-26)13-15(18)21-17(19)22-16(13)24/h5,10,26H,4,6-7H2,1-3H3,(H,23,25)(H2,19,21,22)/t10-/m0/s1. The van der Waals surface area contributed by atoms with E-state index in [9.17, 15) is 4.79 Å². The van der Waals surface area contributed by atoms with Crippen molar-refractivity contribution in [3.63, 3.8) is 0 Å². The first-order valence-corrected chi connectivity index (χ1v) is 8.73. The number of ether oxygens (including phenoxy) is 1.